The van der Waals surface area contributed by atoms with Gasteiger partial charge in [0.1, 0.15) is 16.5 Å². The van der Waals surface area contributed by atoms with Gasteiger partial charge in [-0.05, 0) is 19.1 Å². The Balaban J connectivity index is 2.24. The fourth-order valence-corrected chi connectivity index (χ4v) is 2.34. The Kier molecular flexibility index (Phi) is 4.29. The first-order chi connectivity index (χ1) is 9.76. The van der Waals surface area contributed by atoms with Crippen molar-refractivity contribution in [1.29, 1.82) is 0 Å². The third-order valence-corrected chi connectivity index (χ3v) is 3.52. The summed E-state index contributed by atoms with van der Waals surface area (Å²) in [4.78, 5) is 16.2. The van der Waals surface area contributed by atoms with Crippen molar-refractivity contribution in [3.05, 3.63) is 45.9 Å². The molecule has 2 rings (SSSR count). The lowest BCUT2D eigenvalue weighted by Crippen LogP contribution is -2.17. The highest BCUT2D eigenvalue weighted by Gasteiger charge is 2.31. The summed E-state index contributed by atoms with van der Waals surface area (Å²) in [5, 5.41) is 2.11. The van der Waals surface area contributed by atoms with E-state index in [2.05, 4.69) is 9.72 Å². The minimum atomic E-state index is -4.80. The first-order valence-electron chi connectivity index (χ1n) is 5.88. The molecule has 0 saturated carbocycles. The van der Waals surface area contributed by atoms with E-state index in [4.69, 9.17) is 5.73 Å². The molecular formula is C13H11F3N2O2S. The Morgan fingerprint density at radius 2 is 2.14 bits per heavy atom. The predicted molar refractivity (Wildman–Crippen MR) is 71.3 cm³/mol. The van der Waals surface area contributed by atoms with Crippen LogP contribution < -0.4 is 10.5 Å². The highest BCUT2D eigenvalue weighted by Crippen LogP contribution is 2.25. The highest BCUT2D eigenvalue weighted by atomic mass is 32.1. The van der Waals surface area contributed by atoms with Crippen LogP contribution in [0, 0.1) is 0 Å². The minimum absolute atomic E-state index is 0.0678. The van der Waals surface area contributed by atoms with Gasteiger partial charge in [-0.1, -0.05) is 12.1 Å². The van der Waals surface area contributed by atoms with E-state index in [1.54, 1.807) is 6.92 Å². The average molecular weight is 316 g/mol. The summed E-state index contributed by atoms with van der Waals surface area (Å²) in [5.41, 5.74) is 5.87. The second kappa shape index (κ2) is 5.82. The second-order valence-electron chi connectivity index (χ2n) is 4.26. The van der Waals surface area contributed by atoms with Gasteiger partial charge in [0.05, 0.1) is 6.04 Å². The number of hydrogen-bond acceptors (Lipinski definition) is 5. The second-order valence-corrected chi connectivity index (χ2v) is 5.15. The molecule has 0 radical (unpaired) electrons. The normalized spacial score (nSPS) is 13.0. The molecule has 4 nitrogen and oxygen atoms in total. The topological polar surface area (TPSA) is 65.2 Å². The van der Waals surface area contributed by atoms with Crippen molar-refractivity contribution >= 4 is 17.1 Å². The molecular weight excluding hydrogens is 305 g/mol. The summed E-state index contributed by atoms with van der Waals surface area (Å²) >= 11 is 1.23. The van der Waals surface area contributed by atoms with Crippen molar-refractivity contribution in [2.24, 2.45) is 5.73 Å². The van der Waals surface area contributed by atoms with Crippen molar-refractivity contribution in [2.75, 3.05) is 0 Å². The number of nitrogens with zero attached hydrogens (tertiary/aromatic N) is 1. The molecule has 0 spiro atoms. The fraction of sp³-hybridized carbons (Fsp3) is 0.231. The van der Waals surface area contributed by atoms with Crippen molar-refractivity contribution in [2.45, 2.75) is 19.3 Å². The van der Waals surface area contributed by atoms with E-state index in [0.29, 0.717) is 5.01 Å². The third-order valence-electron chi connectivity index (χ3n) is 2.47. The van der Waals surface area contributed by atoms with Gasteiger partial charge in [0, 0.05) is 10.9 Å². The molecule has 2 N–H and O–H groups in total. The van der Waals surface area contributed by atoms with E-state index in [1.807, 2.05) is 0 Å². The smallest absolute Gasteiger partial charge is 0.406 e. The van der Waals surface area contributed by atoms with Gasteiger partial charge in [0.15, 0.2) is 0 Å². The molecule has 1 aromatic carbocycles. The Hall–Kier alpha value is -1.93. The Morgan fingerprint density at radius 1 is 1.43 bits per heavy atom. The van der Waals surface area contributed by atoms with Gasteiger partial charge in [-0.25, -0.2) is 4.98 Å². The van der Waals surface area contributed by atoms with E-state index in [1.165, 1.54) is 28.8 Å². The number of thiazole rings is 1. The van der Waals surface area contributed by atoms with Crippen molar-refractivity contribution in [1.82, 2.24) is 4.98 Å². The van der Waals surface area contributed by atoms with E-state index in [-0.39, 0.29) is 17.3 Å². The maximum absolute atomic E-state index is 12.2. The van der Waals surface area contributed by atoms with Crippen LogP contribution in [-0.4, -0.2) is 17.1 Å². The van der Waals surface area contributed by atoms with E-state index < -0.39 is 17.9 Å². The number of halogens is 3. The molecule has 1 heterocycles. The summed E-state index contributed by atoms with van der Waals surface area (Å²) < 4.78 is 40.3. The standard InChI is InChI=1S/C13H11F3N2O2S/c1-7(17)12-18-10(6-21-12)11(19)8-3-2-4-9(5-8)20-13(14,15)16/h2-7H,17H2,1H3. The first-order valence-corrected chi connectivity index (χ1v) is 6.76. The summed E-state index contributed by atoms with van der Waals surface area (Å²) in [6.45, 7) is 1.73. The molecule has 1 atom stereocenters. The van der Waals surface area contributed by atoms with Crippen molar-refractivity contribution in [3.8, 4) is 5.75 Å². The number of aromatic nitrogens is 1. The largest absolute Gasteiger partial charge is 0.573 e. The van der Waals surface area contributed by atoms with Gasteiger partial charge in [0.25, 0.3) is 0 Å². The van der Waals surface area contributed by atoms with Crippen LogP contribution in [0.2, 0.25) is 0 Å². The number of nitrogens with two attached hydrogens (primary N) is 1. The number of hydrogen-bond donors (Lipinski definition) is 1. The molecule has 0 aliphatic carbocycles. The van der Waals surface area contributed by atoms with Crippen LogP contribution in [0.4, 0.5) is 13.2 Å². The molecule has 1 unspecified atom stereocenters. The SMILES string of the molecule is CC(N)c1nc(C(=O)c2cccc(OC(F)(F)F)c2)cs1. The van der Waals surface area contributed by atoms with E-state index in [9.17, 15) is 18.0 Å². The molecule has 1 aromatic heterocycles. The highest BCUT2D eigenvalue weighted by molar-refractivity contribution is 7.09. The summed E-state index contributed by atoms with van der Waals surface area (Å²) in [6, 6.07) is 4.56. The Bertz CT molecular complexity index is 653. The van der Waals surface area contributed by atoms with Crippen LogP contribution in [0.3, 0.4) is 0 Å². The maximum atomic E-state index is 12.2. The Morgan fingerprint density at radius 3 is 2.71 bits per heavy atom. The van der Waals surface area contributed by atoms with Gasteiger partial charge in [-0.3, -0.25) is 4.79 Å². The number of rotatable bonds is 4. The molecule has 21 heavy (non-hydrogen) atoms. The zero-order valence-electron chi connectivity index (χ0n) is 10.8. The van der Waals surface area contributed by atoms with Gasteiger partial charge in [-0.2, -0.15) is 0 Å². The molecule has 0 bridgehead atoms. The number of benzene rings is 1. The average Bonchev–Trinajstić information content (AvgIpc) is 2.85. The van der Waals surface area contributed by atoms with Crippen molar-refractivity contribution < 1.29 is 22.7 Å². The molecule has 8 heteroatoms. The zero-order chi connectivity index (χ0) is 15.6. The molecule has 0 amide bonds. The molecule has 112 valence electrons. The van der Waals surface area contributed by atoms with Gasteiger partial charge in [-0.15, -0.1) is 24.5 Å². The molecule has 0 aliphatic rings. The van der Waals surface area contributed by atoms with Crippen LogP contribution in [0.1, 0.15) is 34.0 Å². The third kappa shape index (κ3) is 4.02. The van der Waals surface area contributed by atoms with Crippen LogP contribution in [0.5, 0.6) is 5.75 Å². The number of ether oxygens (including phenoxy) is 1. The molecule has 2 aromatic rings. The number of alkyl halides is 3. The van der Waals surface area contributed by atoms with Gasteiger partial charge < -0.3 is 10.5 Å². The summed E-state index contributed by atoms with van der Waals surface area (Å²) in [5.74, 6) is -0.929. The predicted octanol–water partition coefficient (Wildman–Crippen LogP) is 3.29. The lowest BCUT2D eigenvalue weighted by molar-refractivity contribution is -0.274. The molecule has 0 saturated heterocycles. The van der Waals surface area contributed by atoms with Crippen LogP contribution >= 0.6 is 11.3 Å². The lowest BCUT2D eigenvalue weighted by atomic mass is 10.1. The number of ketones is 1. The summed E-state index contributed by atoms with van der Waals surface area (Å²) in [6.07, 6.45) is -4.80. The van der Waals surface area contributed by atoms with Gasteiger partial charge in [0.2, 0.25) is 5.78 Å². The Labute approximate surface area is 122 Å². The van der Waals surface area contributed by atoms with E-state index in [0.717, 1.165) is 12.1 Å². The zero-order valence-corrected chi connectivity index (χ0v) is 11.7. The molecule has 0 fully saturated rings. The fourth-order valence-electron chi connectivity index (χ4n) is 1.58. The lowest BCUT2D eigenvalue weighted by Gasteiger charge is -2.09. The van der Waals surface area contributed by atoms with Crippen LogP contribution in [0.15, 0.2) is 29.6 Å². The minimum Gasteiger partial charge on any atom is -0.406 e. The van der Waals surface area contributed by atoms with Crippen LogP contribution in [-0.2, 0) is 0 Å². The van der Waals surface area contributed by atoms with Gasteiger partial charge >= 0.3 is 6.36 Å². The maximum Gasteiger partial charge on any atom is 0.573 e. The molecule has 0 aliphatic heterocycles. The first kappa shape index (κ1) is 15.5. The number of carbonyl (C=O) groups is 1. The van der Waals surface area contributed by atoms with E-state index >= 15 is 0 Å². The number of carbonyl (C=O) groups excluding carboxylic acids is 1. The van der Waals surface area contributed by atoms with Crippen molar-refractivity contribution in [3.63, 3.8) is 0 Å². The summed E-state index contributed by atoms with van der Waals surface area (Å²) in [7, 11) is 0. The monoisotopic (exact) mass is 316 g/mol. The quantitative estimate of drug-likeness (QED) is 0.879. The van der Waals surface area contributed by atoms with Crippen LogP contribution in [0.25, 0.3) is 0 Å².